The number of unbranched alkanes of at least 4 members (excludes halogenated alkanes) is 12. The minimum absolute atomic E-state index is 0.0959. The van der Waals surface area contributed by atoms with Gasteiger partial charge in [0, 0.05) is 11.8 Å². The van der Waals surface area contributed by atoms with Crippen LogP contribution in [-0.2, 0) is 32.7 Å². The van der Waals surface area contributed by atoms with E-state index in [2.05, 4.69) is 27.6 Å². The van der Waals surface area contributed by atoms with Gasteiger partial charge >= 0.3 is 19.5 Å². The molecule has 1 unspecified atom stereocenters. The van der Waals surface area contributed by atoms with Gasteiger partial charge in [-0.05, 0) is 12.8 Å². The van der Waals surface area contributed by atoms with E-state index in [1.165, 1.54) is 57.8 Å². The van der Waals surface area contributed by atoms with Crippen LogP contribution in [0.5, 0.6) is 0 Å². The molecule has 0 aromatic carbocycles. The molecule has 0 aromatic rings. The molecule has 10 heteroatoms. The lowest BCUT2D eigenvalue weighted by molar-refractivity contribution is -0.152. The topological polar surface area (TPSA) is 88.1 Å². The summed E-state index contributed by atoms with van der Waals surface area (Å²) in [6.07, 6.45) is 14.7. The van der Waals surface area contributed by atoms with E-state index < -0.39 is 45.1 Å². The molecule has 0 fully saturated rings. The third-order valence-corrected chi connectivity index (χ3v) is 7.85. The van der Waals surface area contributed by atoms with E-state index in [-0.39, 0.29) is 13.0 Å². The number of methoxy groups -OCH3 is 1. The predicted molar refractivity (Wildman–Crippen MR) is 141 cm³/mol. The zero-order valence-corrected chi connectivity index (χ0v) is 24.3. The fourth-order valence-corrected chi connectivity index (χ4v) is 5.18. The Labute approximate surface area is 220 Å². The molecule has 0 saturated carbocycles. The molecule has 2 atom stereocenters. The van der Waals surface area contributed by atoms with E-state index in [0.717, 1.165) is 26.4 Å². The lowest BCUT2D eigenvalue weighted by atomic mass is 10.0. The van der Waals surface area contributed by atoms with E-state index in [1.807, 2.05) is 0 Å². The standard InChI is InChI=1S/C25H47BrFO7P/c1-3-4-5-6-7-8-9-10-11-12-13-14-15-17-24(28)34-23(20-27)21-33-35(30,22-25(29)31-2)32-19-16-18-26/h23H,3-22H2,1-2H3/t23-,35?/m1/s1. The van der Waals surface area contributed by atoms with Crippen molar-refractivity contribution in [2.24, 2.45) is 0 Å². The third-order valence-electron chi connectivity index (χ3n) is 5.53. The second-order valence-electron chi connectivity index (χ2n) is 8.78. The number of halogens is 2. The molecule has 208 valence electrons. The first-order valence-electron chi connectivity index (χ1n) is 13.2. The number of carbonyl (C=O) groups is 2. The second kappa shape index (κ2) is 23.9. The van der Waals surface area contributed by atoms with Crippen LogP contribution in [0.1, 0.15) is 103 Å². The number of ether oxygens (including phenoxy) is 2. The molecule has 0 saturated heterocycles. The first kappa shape index (κ1) is 34.5. The minimum atomic E-state index is -3.84. The van der Waals surface area contributed by atoms with E-state index >= 15 is 0 Å². The molecule has 7 nitrogen and oxygen atoms in total. The zero-order valence-electron chi connectivity index (χ0n) is 21.8. The lowest BCUT2D eigenvalue weighted by Crippen LogP contribution is -2.26. The predicted octanol–water partition coefficient (Wildman–Crippen LogP) is 7.53. The SMILES string of the molecule is CCCCCCCCCCCCCCCC(=O)O[C@H](CF)COP(=O)(CC(=O)OC)OCCCBr. The highest BCUT2D eigenvalue weighted by molar-refractivity contribution is 9.09. The number of rotatable bonds is 25. The Morgan fingerprint density at radius 1 is 0.829 bits per heavy atom. The molecule has 0 aliphatic rings. The quantitative estimate of drug-likeness (QED) is 0.0471. The van der Waals surface area contributed by atoms with Crippen molar-refractivity contribution in [2.45, 2.75) is 109 Å². The van der Waals surface area contributed by atoms with Crippen molar-refractivity contribution in [3.05, 3.63) is 0 Å². The second-order valence-corrected chi connectivity index (χ2v) is 11.6. The third kappa shape index (κ3) is 21.3. The van der Waals surface area contributed by atoms with Crippen LogP contribution in [0.25, 0.3) is 0 Å². The fourth-order valence-electron chi connectivity index (χ4n) is 3.45. The Hall–Kier alpha value is -0.500. The van der Waals surface area contributed by atoms with Gasteiger partial charge in [0.25, 0.3) is 0 Å². The summed E-state index contributed by atoms with van der Waals surface area (Å²) in [4.78, 5) is 23.6. The van der Waals surface area contributed by atoms with Crippen LogP contribution >= 0.6 is 23.5 Å². The smallest absolute Gasteiger partial charge is 0.341 e. The first-order valence-corrected chi connectivity index (χ1v) is 16.0. The summed E-state index contributed by atoms with van der Waals surface area (Å²) in [6, 6.07) is 0. The van der Waals surface area contributed by atoms with Crippen LogP contribution in [0.15, 0.2) is 0 Å². The Balaban J connectivity index is 4.01. The van der Waals surface area contributed by atoms with Crippen LogP contribution in [0.2, 0.25) is 0 Å². The molecule has 0 rings (SSSR count). The molecule has 0 amide bonds. The maximum atomic E-state index is 13.3. The maximum Gasteiger partial charge on any atom is 0.341 e. The van der Waals surface area contributed by atoms with Gasteiger partial charge in [-0.15, -0.1) is 0 Å². The van der Waals surface area contributed by atoms with Crippen LogP contribution in [0, 0.1) is 0 Å². The molecule has 0 aliphatic heterocycles. The molecule has 0 radical (unpaired) electrons. The fraction of sp³-hybridized carbons (Fsp3) is 0.920. The Kier molecular flexibility index (Phi) is 23.5. The van der Waals surface area contributed by atoms with Crippen molar-refractivity contribution < 1.29 is 37.1 Å². The van der Waals surface area contributed by atoms with Gasteiger partial charge in [0.2, 0.25) is 0 Å². The summed E-state index contributed by atoms with van der Waals surface area (Å²) in [5.41, 5.74) is 0. The molecular weight excluding hydrogens is 542 g/mol. The maximum absolute atomic E-state index is 13.3. The summed E-state index contributed by atoms with van der Waals surface area (Å²) in [5, 5.41) is 0.620. The molecule has 0 heterocycles. The number of alkyl halides is 2. The molecule has 0 bridgehead atoms. The Morgan fingerprint density at radius 3 is 1.86 bits per heavy atom. The van der Waals surface area contributed by atoms with E-state index in [4.69, 9.17) is 13.8 Å². The first-order chi connectivity index (χ1) is 16.9. The van der Waals surface area contributed by atoms with Gasteiger partial charge in [-0.3, -0.25) is 14.2 Å². The summed E-state index contributed by atoms with van der Waals surface area (Å²) in [5.74, 6) is -1.27. The molecule has 0 aliphatic carbocycles. The highest BCUT2D eigenvalue weighted by Gasteiger charge is 2.31. The number of hydrogen-bond donors (Lipinski definition) is 0. The largest absolute Gasteiger partial charge is 0.469 e. The minimum Gasteiger partial charge on any atom is -0.469 e. The molecule has 35 heavy (non-hydrogen) atoms. The van der Waals surface area contributed by atoms with Crippen molar-refractivity contribution in [1.29, 1.82) is 0 Å². The number of carbonyl (C=O) groups excluding carboxylic acids is 2. The van der Waals surface area contributed by atoms with Crippen molar-refractivity contribution in [1.82, 2.24) is 0 Å². The van der Waals surface area contributed by atoms with Crippen LogP contribution in [-0.4, -0.2) is 56.5 Å². The average molecular weight is 590 g/mol. The van der Waals surface area contributed by atoms with Crippen LogP contribution in [0.4, 0.5) is 4.39 Å². The van der Waals surface area contributed by atoms with Crippen molar-refractivity contribution in [2.75, 3.05) is 38.5 Å². The Bertz CT molecular complexity index is 580. The lowest BCUT2D eigenvalue weighted by Gasteiger charge is -2.20. The molecule has 0 N–H and O–H groups in total. The van der Waals surface area contributed by atoms with Crippen molar-refractivity contribution >= 4 is 35.5 Å². The summed E-state index contributed by atoms with van der Waals surface area (Å²) in [6.45, 7) is 0.895. The highest BCUT2D eigenvalue weighted by atomic mass is 79.9. The van der Waals surface area contributed by atoms with Gasteiger partial charge in [0.05, 0.1) is 20.3 Å². The summed E-state index contributed by atoms with van der Waals surface area (Å²) < 4.78 is 46.2. The van der Waals surface area contributed by atoms with Gasteiger partial charge in [-0.2, -0.15) is 0 Å². The van der Waals surface area contributed by atoms with E-state index in [0.29, 0.717) is 18.2 Å². The summed E-state index contributed by atoms with van der Waals surface area (Å²) in [7, 11) is -2.68. The number of esters is 2. The highest BCUT2D eigenvalue weighted by Crippen LogP contribution is 2.48. The molecular formula is C25H47BrFO7P. The Morgan fingerprint density at radius 2 is 1.37 bits per heavy atom. The zero-order chi connectivity index (χ0) is 26.2. The molecule has 0 aromatic heterocycles. The van der Waals surface area contributed by atoms with Crippen LogP contribution in [0.3, 0.4) is 0 Å². The van der Waals surface area contributed by atoms with Gasteiger partial charge in [-0.25, -0.2) is 4.39 Å². The number of hydrogen-bond acceptors (Lipinski definition) is 7. The summed E-state index contributed by atoms with van der Waals surface area (Å²) >= 11 is 3.23. The van der Waals surface area contributed by atoms with Crippen molar-refractivity contribution in [3.63, 3.8) is 0 Å². The van der Waals surface area contributed by atoms with Gasteiger partial charge < -0.3 is 18.5 Å². The normalized spacial score (nSPS) is 13.8. The monoisotopic (exact) mass is 588 g/mol. The average Bonchev–Trinajstić information content (AvgIpc) is 2.84. The van der Waals surface area contributed by atoms with Crippen molar-refractivity contribution in [3.8, 4) is 0 Å². The van der Waals surface area contributed by atoms with Gasteiger partial charge in [-0.1, -0.05) is 99.9 Å². The van der Waals surface area contributed by atoms with E-state index in [9.17, 15) is 18.5 Å². The molecule has 0 spiro atoms. The van der Waals surface area contributed by atoms with Gasteiger partial charge in [0.15, 0.2) is 6.10 Å². The van der Waals surface area contributed by atoms with E-state index in [1.54, 1.807) is 0 Å². The van der Waals surface area contributed by atoms with Gasteiger partial charge in [0.1, 0.15) is 12.8 Å². The van der Waals surface area contributed by atoms with Crippen LogP contribution < -0.4 is 0 Å².